The van der Waals surface area contributed by atoms with E-state index in [2.05, 4.69) is 41.2 Å². The van der Waals surface area contributed by atoms with Gasteiger partial charge >= 0.3 is 0 Å². The maximum atomic E-state index is 5.69. The molecule has 0 unspecified atom stereocenters. The van der Waals surface area contributed by atoms with E-state index in [1.54, 1.807) is 0 Å². The fourth-order valence-electron chi connectivity index (χ4n) is 1.29. The molecule has 0 aliphatic rings. The first-order valence-corrected chi connectivity index (χ1v) is 6.13. The number of hydrogen-bond donors (Lipinski definition) is 1. The molecule has 0 fully saturated rings. The molecule has 15 heavy (non-hydrogen) atoms. The molecule has 1 aromatic rings. The van der Waals surface area contributed by atoms with Crippen molar-refractivity contribution in [1.29, 1.82) is 0 Å². The Hall–Kier alpha value is -0.540. The molecule has 1 aromatic carbocycles. The van der Waals surface area contributed by atoms with Crippen LogP contribution in [-0.4, -0.2) is 19.7 Å². The monoisotopic (exact) mass is 271 g/mol. The van der Waals surface area contributed by atoms with Gasteiger partial charge in [0, 0.05) is 4.47 Å². The van der Waals surface area contributed by atoms with E-state index in [0.717, 1.165) is 36.3 Å². The van der Waals surface area contributed by atoms with Crippen molar-refractivity contribution in [2.75, 3.05) is 19.7 Å². The quantitative estimate of drug-likeness (QED) is 0.803. The molecule has 1 rings (SSSR count). The van der Waals surface area contributed by atoms with Gasteiger partial charge in [0.25, 0.3) is 0 Å². The highest BCUT2D eigenvalue weighted by atomic mass is 79.9. The summed E-state index contributed by atoms with van der Waals surface area (Å²) < 4.78 is 6.76. The SMILES string of the molecule is CCNCCCOc1cc(Br)ccc1C. The standard InChI is InChI=1S/C12H18BrNO/c1-3-14-7-4-8-15-12-9-11(13)6-5-10(12)2/h5-6,9,14H,3-4,7-8H2,1-2H3. The van der Waals surface area contributed by atoms with Gasteiger partial charge in [0.15, 0.2) is 0 Å². The van der Waals surface area contributed by atoms with Gasteiger partial charge in [0.1, 0.15) is 5.75 Å². The van der Waals surface area contributed by atoms with Crippen molar-refractivity contribution in [3.05, 3.63) is 28.2 Å². The Balaban J connectivity index is 2.33. The Morgan fingerprint density at radius 2 is 2.20 bits per heavy atom. The number of rotatable bonds is 6. The molecular formula is C12H18BrNO. The summed E-state index contributed by atoms with van der Waals surface area (Å²) in [7, 11) is 0. The third kappa shape index (κ3) is 4.67. The largest absolute Gasteiger partial charge is 0.493 e. The van der Waals surface area contributed by atoms with Crippen LogP contribution in [0.25, 0.3) is 0 Å². The van der Waals surface area contributed by atoms with Crippen LogP contribution in [0.2, 0.25) is 0 Å². The molecule has 0 aromatic heterocycles. The van der Waals surface area contributed by atoms with E-state index in [1.807, 2.05) is 12.1 Å². The van der Waals surface area contributed by atoms with Crippen LogP contribution in [0.5, 0.6) is 5.75 Å². The summed E-state index contributed by atoms with van der Waals surface area (Å²) in [5.74, 6) is 0.973. The number of benzene rings is 1. The zero-order chi connectivity index (χ0) is 11.1. The molecule has 2 nitrogen and oxygen atoms in total. The van der Waals surface area contributed by atoms with Gasteiger partial charge in [0.05, 0.1) is 6.61 Å². The van der Waals surface area contributed by atoms with E-state index in [9.17, 15) is 0 Å². The molecule has 0 atom stereocenters. The Kier molecular flexibility index (Phi) is 5.73. The average molecular weight is 272 g/mol. The maximum Gasteiger partial charge on any atom is 0.123 e. The number of ether oxygens (including phenoxy) is 1. The lowest BCUT2D eigenvalue weighted by Crippen LogP contribution is -2.16. The predicted octanol–water partition coefficient (Wildman–Crippen LogP) is 3.14. The summed E-state index contributed by atoms with van der Waals surface area (Å²) in [6, 6.07) is 6.10. The third-order valence-corrected chi connectivity index (χ3v) is 2.65. The van der Waals surface area contributed by atoms with Gasteiger partial charge in [-0.2, -0.15) is 0 Å². The van der Waals surface area contributed by atoms with Crippen molar-refractivity contribution < 1.29 is 4.74 Å². The summed E-state index contributed by atoms with van der Waals surface area (Å²) in [6.45, 7) is 6.98. The van der Waals surface area contributed by atoms with Crippen LogP contribution in [-0.2, 0) is 0 Å². The zero-order valence-electron chi connectivity index (χ0n) is 9.35. The van der Waals surface area contributed by atoms with Crippen LogP contribution < -0.4 is 10.1 Å². The van der Waals surface area contributed by atoms with Gasteiger partial charge in [-0.15, -0.1) is 0 Å². The number of halogens is 1. The van der Waals surface area contributed by atoms with E-state index >= 15 is 0 Å². The molecule has 3 heteroatoms. The van der Waals surface area contributed by atoms with Gasteiger partial charge in [-0.05, 0) is 44.1 Å². The van der Waals surface area contributed by atoms with E-state index in [-0.39, 0.29) is 0 Å². The molecule has 0 heterocycles. The number of nitrogens with one attached hydrogen (secondary N) is 1. The van der Waals surface area contributed by atoms with Crippen LogP contribution in [0.15, 0.2) is 22.7 Å². The fraction of sp³-hybridized carbons (Fsp3) is 0.500. The van der Waals surface area contributed by atoms with Gasteiger partial charge in [-0.1, -0.05) is 28.9 Å². The summed E-state index contributed by atoms with van der Waals surface area (Å²) in [5.41, 5.74) is 1.18. The van der Waals surface area contributed by atoms with Crippen molar-refractivity contribution in [1.82, 2.24) is 5.32 Å². The highest BCUT2D eigenvalue weighted by Gasteiger charge is 1.99. The molecule has 84 valence electrons. The van der Waals surface area contributed by atoms with E-state index in [4.69, 9.17) is 4.74 Å². The normalized spacial score (nSPS) is 10.3. The van der Waals surface area contributed by atoms with Crippen LogP contribution in [0.3, 0.4) is 0 Å². The van der Waals surface area contributed by atoms with Crippen molar-refractivity contribution >= 4 is 15.9 Å². The second kappa shape index (κ2) is 6.85. The minimum absolute atomic E-state index is 0.768. The Morgan fingerprint density at radius 3 is 2.93 bits per heavy atom. The second-order valence-corrected chi connectivity index (χ2v) is 4.38. The first kappa shape index (κ1) is 12.5. The first-order valence-electron chi connectivity index (χ1n) is 5.33. The van der Waals surface area contributed by atoms with Crippen molar-refractivity contribution in [2.45, 2.75) is 20.3 Å². The minimum Gasteiger partial charge on any atom is -0.493 e. The molecule has 0 aliphatic carbocycles. The molecule has 0 bridgehead atoms. The maximum absolute atomic E-state index is 5.69. The minimum atomic E-state index is 0.768. The number of hydrogen-bond acceptors (Lipinski definition) is 2. The lowest BCUT2D eigenvalue weighted by molar-refractivity contribution is 0.306. The highest BCUT2D eigenvalue weighted by molar-refractivity contribution is 9.10. The van der Waals surface area contributed by atoms with Crippen molar-refractivity contribution in [2.24, 2.45) is 0 Å². The Bertz CT molecular complexity index is 302. The molecule has 0 spiro atoms. The van der Waals surface area contributed by atoms with Gasteiger partial charge < -0.3 is 10.1 Å². The summed E-state index contributed by atoms with van der Waals surface area (Å²) in [5, 5.41) is 3.27. The molecular weight excluding hydrogens is 254 g/mol. The van der Waals surface area contributed by atoms with Crippen LogP contribution in [0.4, 0.5) is 0 Å². The molecule has 0 saturated heterocycles. The molecule has 0 aliphatic heterocycles. The highest BCUT2D eigenvalue weighted by Crippen LogP contribution is 2.22. The summed E-state index contributed by atoms with van der Waals surface area (Å²) in [4.78, 5) is 0. The topological polar surface area (TPSA) is 21.3 Å². The lowest BCUT2D eigenvalue weighted by atomic mass is 10.2. The molecule has 0 radical (unpaired) electrons. The first-order chi connectivity index (χ1) is 7.24. The smallest absolute Gasteiger partial charge is 0.123 e. The van der Waals surface area contributed by atoms with Crippen molar-refractivity contribution in [3.63, 3.8) is 0 Å². The zero-order valence-corrected chi connectivity index (χ0v) is 10.9. The predicted molar refractivity (Wildman–Crippen MR) is 67.5 cm³/mol. The van der Waals surface area contributed by atoms with Crippen LogP contribution in [0.1, 0.15) is 18.9 Å². The lowest BCUT2D eigenvalue weighted by Gasteiger charge is -2.09. The van der Waals surface area contributed by atoms with E-state index < -0.39 is 0 Å². The number of aryl methyl sites for hydroxylation is 1. The Morgan fingerprint density at radius 1 is 1.40 bits per heavy atom. The van der Waals surface area contributed by atoms with Crippen LogP contribution in [0, 0.1) is 6.92 Å². The van der Waals surface area contributed by atoms with E-state index in [0.29, 0.717) is 0 Å². The fourth-order valence-corrected chi connectivity index (χ4v) is 1.63. The van der Waals surface area contributed by atoms with Crippen molar-refractivity contribution in [3.8, 4) is 5.75 Å². The molecule has 0 amide bonds. The van der Waals surface area contributed by atoms with Gasteiger partial charge in [-0.25, -0.2) is 0 Å². The van der Waals surface area contributed by atoms with Gasteiger partial charge in [-0.3, -0.25) is 0 Å². The Labute approximate surface area is 100 Å². The third-order valence-electron chi connectivity index (χ3n) is 2.16. The van der Waals surface area contributed by atoms with Crippen LogP contribution >= 0.6 is 15.9 Å². The molecule has 1 N–H and O–H groups in total. The van der Waals surface area contributed by atoms with Gasteiger partial charge in [0.2, 0.25) is 0 Å². The summed E-state index contributed by atoms with van der Waals surface area (Å²) in [6.07, 6.45) is 1.04. The molecule has 0 saturated carbocycles. The average Bonchev–Trinajstić information content (AvgIpc) is 2.23. The van der Waals surface area contributed by atoms with E-state index in [1.165, 1.54) is 5.56 Å². The summed E-state index contributed by atoms with van der Waals surface area (Å²) >= 11 is 3.44. The second-order valence-electron chi connectivity index (χ2n) is 3.47.